The lowest BCUT2D eigenvalue weighted by Gasteiger charge is -2.08. The van der Waals surface area contributed by atoms with Crippen LogP contribution in [0.4, 0.5) is 5.13 Å². The number of aromatic nitrogens is 1. The Morgan fingerprint density at radius 1 is 1.26 bits per heavy atom. The number of fused-ring (bicyclic) bond motifs is 1. The van der Waals surface area contributed by atoms with E-state index in [4.69, 9.17) is 23.8 Å². The maximum atomic E-state index is 12.2. The minimum Gasteiger partial charge on any atom is -0.308 e. The lowest BCUT2D eigenvalue weighted by atomic mass is 10.2. The summed E-state index contributed by atoms with van der Waals surface area (Å²) in [5.41, 5.74) is 1.40. The van der Waals surface area contributed by atoms with Gasteiger partial charge in [0.2, 0.25) is 0 Å². The van der Waals surface area contributed by atoms with Crippen molar-refractivity contribution in [3.8, 4) is 0 Å². The fourth-order valence-electron chi connectivity index (χ4n) is 1.90. The first-order chi connectivity index (χ1) is 11.0. The molecule has 1 aromatic heterocycles. The fraction of sp³-hybridized carbons (Fsp3) is 0. The summed E-state index contributed by atoms with van der Waals surface area (Å²) in [5, 5.41) is 7.06. The molecule has 3 rings (SSSR count). The molecule has 4 nitrogen and oxygen atoms in total. The van der Waals surface area contributed by atoms with Crippen LogP contribution in [0.25, 0.3) is 10.2 Å². The normalized spacial score (nSPS) is 10.5. The van der Waals surface area contributed by atoms with Crippen molar-refractivity contribution in [3.05, 3.63) is 56.6 Å². The van der Waals surface area contributed by atoms with Crippen LogP contribution in [0.1, 0.15) is 10.4 Å². The molecule has 1 amide bonds. The Hall–Kier alpha value is -1.29. The van der Waals surface area contributed by atoms with Gasteiger partial charge in [-0.1, -0.05) is 35.1 Å². The van der Waals surface area contributed by atoms with Gasteiger partial charge in [0.25, 0.3) is 5.91 Å². The summed E-state index contributed by atoms with van der Waals surface area (Å²) in [7, 11) is 0. The number of hydrogen-bond donors (Lipinski definition) is 2. The SMILES string of the molecule is O=C(NC(=S)Nc1nc2ccc(Cl)cc2s1)c1ccccc1I. The molecule has 3 aromatic rings. The Morgan fingerprint density at radius 3 is 2.83 bits per heavy atom. The van der Waals surface area contributed by atoms with Gasteiger partial charge in [-0.2, -0.15) is 0 Å². The Morgan fingerprint density at radius 2 is 2.04 bits per heavy atom. The van der Waals surface area contributed by atoms with Crippen LogP contribution < -0.4 is 10.6 Å². The van der Waals surface area contributed by atoms with Crippen LogP contribution in [-0.2, 0) is 0 Å². The smallest absolute Gasteiger partial charge is 0.258 e. The molecule has 0 aliphatic heterocycles. The number of amides is 1. The largest absolute Gasteiger partial charge is 0.308 e. The number of halogens is 2. The number of benzene rings is 2. The van der Waals surface area contributed by atoms with Gasteiger partial charge in [0.15, 0.2) is 10.2 Å². The first-order valence-electron chi connectivity index (χ1n) is 6.46. The second-order valence-corrected chi connectivity index (χ2v) is 7.56. The third-order valence-corrected chi connectivity index (χ3v) is 5.23. The van der Waals surface area contributed by atoms with Gasteiger partial charge in [-0.25, -0.2) is 4.98 Å². The van der Waals surface area contributed by atoms with E-state index in [0.29, 0.717) is 15.7 Å². The van der Waals surface area contributed by atoms with E-state index in [1.807, 2.05) is 30.3 Å². The number of nitrogens with one attached hydrogen (secondary N) is 2. The summed E-state index contributed by atoms with van der Waals surface area (Å²) in [6.07, 6.45) is 0. The molecule has 116 valence electrons. The van der Waals surface area contributed by atoms with E-state index in [-0.39, 0.29) is 11.0 Å². The molecule has 0 saturated carbocycles. The second kappa shape index (κ2) is 7.08. The number of rotatable bonds is 2. The van der Waals surface area contributed by atoms with Crippen LogP contribution in [0, 0.1) is 3.57 Å². The van der Waals surface area contributed by atoms with Crippen molar-refractivity contribution < 1.29 is 4.79 Å². The third kappa shape index (κ3) is 3.97. The number of thiocarbonyl (C=S) groups is 1. The molecule has 2 aromatic carbocycles. The average Bonchev–Trinajstić information content (AvgIpc) is 2.88. The summed E-state index contributed by atoms with van der Waals surface area (Å²) in [4.78, 5) is 16.6. The molecule has 0 aliphatic rings. The molecule has 0 radical (unpaired) electrons. The zero-order valence-electron chi connectivity index (χ0n) is 11.5. The van der Waals surface area contributed by atoms with Crippen molar-refractivity contribution in [1.29, 1.82) is 0 Å². The summed E-state index contributed by atoms with van der Waals surface area (Å²) < 4.78 is 1.81. The Labute approximate surface area is 160 Å². The van der Waals surface area contributed by atoms with Gasteiger partial charge in [-0.15, -0.1) is 0 Å². The predicted molar refractivity (Wildman–Crippen MR) is 107 cm³/mol. The topological polar surface area (TPSA) is 54.0 Å². The highest BCUT2D eigenvalue weighted by Crippen LogP contribution is 2.28. The fourth-order valence-corrected chi connectivity index (χ4v) is 3.93. The molecule has 0 spiro atoms. The van der Waals surface area contributed by atoms with Crippen LogP contribution >= 0.6 is 57.7 Å². The second-order valence-electron chi connectivity index (χ2n) is 4.52. The van der Waals surface area contributed by atoms with E-state index >= 15 is 0 Å². The van der Waals surface area contributed by atoms with Crippen molar-refractivity contribution in [3.63, 3.8) is 0 Å². The lowest BCUT2D eigenvalue weighted by Crippen LogP contribution is -2.34. The quantitative estimate of drug-likeness (QED) is 0.419. The number of hydrogen-bond acceptors (Lipinski definition) is 4. The van der Waals surface area contributed by atoms with Crippen molar-refractivity contribution in [2.75, 3.05) is 5.32 Å². The van der Waals surface area contributed by atoms with Crippen molar-refractivity contribution >= 4 is 84.1 Å². The lowest BCUT2D eigenvalue weighted by molar-refractivity contribution is 0.0977. The number of carbonyl (C=O) groups excluding carboxylic acids is 1. The van der Waals surface area contributed by atoms with Gasteiger partial charge in [-0.3, -0.25) is 10.1 Å². The van der Waals surface area contributed by atoms with Crippen molar-refractivity contribution in [2.45, 2.75) is 0 Å². The van der Waals surface area contributed by atoms with Gasteiger partial charge in [0, 0.05) is 8.59 Å². The summed E-state index contributed by atoms with van der Waals surface area (Å²) in [6.45, 7) is 0. The van der Waals surface area contributed by atoms with Crippen LogP contribution in [0.3, 0.4) is 0 Å². The molecule has 0 atom stereocenters. The first kappa shape index (κ1) is 16.6. The molecular weight excluding hydrogens is 465 g/mol. The highest BCUT2D eigenvalue weighted by atomic mass is 127. The highest BCUT2D eigenvalue weighted by molar-refractivity contribution is 14.1. The standard InChI is InChI=1S/C15H9ClIN3OS2/c16-8-5-6-11-12(7-8)23-15(18-11)20-14(22)19-13(21)9-3-1-2-4-10(9)17/h1-7H,(H2,18,19,20,21,22). The summed E-state index contributed by atoms with van der Waals surface area (Å²) in [6, 6.07) is 12.8. The Balaban J connectivity index is 1.71. The molecule has 0 fully saturated rings. The molecule has 8 heteroatoms. The molecule has 2 N–H and O–H groups in total. The van der Waals surface area contributed by atoms with Crippen molar-refractivity contribution in [2.24, 2.45) is 0 Å². The molecule has 23 heavy (non-hydrogen) atoms. The zero-order valence-corrected chi connectivity index (χ0v) is 16.0. The van der Waals surface area contributed by atoms with Crippen LogP contribution in [-0.4, -0.2) is 16.0 Å². The van der Waals surface area contributed by atoms with Crippen LogP contribution in [0.15, 0.2) is 42.5 Å². The minimum atomic E-state index is -0.253. The van der Waals surface area contributed by atoms with Crippen molar-refractivity contribution in [1.82, 2.24) is 10.3 Å². The molecule has 0 saturated heterocycles. The highest BCUT2D eigenvalue weighted by Gasteiger charge is 2.12. The van der Waals surface area contributed by atoms with E-state index in [2.05, 4.69) is 38.2 Å². The Bertz CT molecular complexity index is 913. The number of nitrogens with zero attached hydrogens (tertiary/aromatic N) is 1. The maximum Gasteiger partial charge on any atom is 0.258 e. The van der Waals surface area contributed by atoms with E-state index in [1.54, 1.807) is 12.1 Å². The monoisotopic (exact) mass is 473 g/mol. The molecule has 1 heterocycles. The first-order valence-corrected chi connectivity index (χ1v) is 9.14. The number of carbonyl (C=O) groups is 1. The van der Waals surface area contributed by atoms with Gasteiger partial charge < -0.3 is 5.32 Å². The van der Waals surface area contributed by atoms with Gasteiger partial charge in [-0.05, 0) is 65.1 Å². The minimum absolute atomic E-state index is 0.208. The molecule has 0 bridgehead atoms. The molecular formula is C15H9ClIN3OS2. The number of thiazole rings is 1. The molecule has 0 unspecified atom stereocenters. The van der Waals surface area contributed by atoms with Gasteiger partial charge >= 0.3 is 0 Å². The predicted octanol–water partition coefficient (Wildman–Crippen LogP) is 4.68. The zero-order chi connectivity index (χ0) is 16.4. The van der Waals surface area contributed by atoms with Crippen LogP contribution in [0.5, 0.6) is 0 Å². The van der Waals surface area contributed by atoms with Gasteiger partial charge in [0.05, 0.1) is 15.8 Å². The summed E-state index contributed by atoms with van der Waals surface area (Å²) in [5.74, 6) is -0.253. The van der Waals surface area contributed by atoms with E-state index in [0.717, 1.165) is 13.8 Å². The Kier molecular flexibility index (Phi) is 5.10. The third-order valence-electron chi connectivity index (χ3n) is 2.92. The van der Waals surface area contributed by atoms with E-state index < -0.39 is 0 Å². The number of anilines is 1. The summed E-state index contributed by atoms with van der Waals surface area (Å²) >= 11 is 14.7. The maximum absolute atomic E-state index is 12.2. The van der Waals surface area contributed by atoms with E-state index in [1.165, 1.54) is 11.3 Å². The average molecular weight is 474 g/mol. The van der Waals surface area contributed by atoms with Gasteiger partial charge in [0.1, 0.15) is 0 Å². The van der Waals surface area contributed by atoms with Crippen LogP contribution in [0.2, 0.25) is 5.02 Å². The van der Waals surface area contributed by atoms with E-state index in [9.17, 15) is 4.79 Å². The molecule has 0 aliphatic carbocycles.